The van der Waals surface area contributed by atoms with Gasteiger partial charge in [-0.3, -0.25) is 9.59 Å². The Bertz CT molecular complexity index is 294. The lowest BCUT2D eigenvalue weighted by Gasteiger charge is -2.18. The van der Waals surface area contributed by atoms with Crippen molar-refractivity contribution in [2.45, 2.75) is 51.5 Å². The van der Waals surface area contributed by atoms with Gasteiger partial charge in [0.15, 0.2) is 0 Å². The zero-order valence-corrected chi connectivity index (χ0v) is 11.0. The van der Waals surface area contributed by atoms with Crippen LogP contribution in [0, 0.1) is 11.8 Å². The molecule has 1 amide bonds. The van der Waals surface area contributed by atoms with Gasteiger partial charge >= 0.3 is 5.97 Å². The molecule has 104 valence electrons. The van der Waals surface area contributed by atoms with E-state index in [0.717, 1.165) is 32.1 Å². The average Bonchev–Trinajstić information content (AvgIpc) is 2.81. The summed E-state index contributed by atoms with van der Waals surface area (Å²) >= 11 is 0. The number of carbonyl (C=O) groups excluding carboxylic acids is 1. The van der Waals surface area contributed by atoms with Crippen LogP contribution >= 0.6 is 0 Å². The second-order valence-electron chi connectivity index (χ2n) is 5.13. The summed E-state index contributed by atoms with van der Waals surface area (Å²) in [4.78, 5) is 22.7. The number of unbranched alkanes of at least 4 members (excludes halogenated alkanes) is 1. The fourth-order valence-corrected chi connectivity index (χ4v) is 2.52. The minimum Gasteiger partial charge on any atom is -0.481 e. The predicted octanol–water partition coefficient (Wildman–Crippen LogP) is 1.12. The molecule has 5 heteroatoms. The van der Waals surface area contributed by atoms with Crippen LogP contribution in [0.4, 0.5) is 0 Å². The molecule has 0 radical (unpaired) electrons. The van der Waals surface area contributed by atoms with Gasteiger partial charge in [0.2, 0.25) is 5.91 Å². The maximum absolute atomic E-state index is 11.7. The molecule has 1 aliphatic rings. The fraction of sp³-hybridized carbons (Fsp3) is 0.846. The number of amides is 1. The Balaban J connectivity index is 2.31. The van der Waals surface area contributed by atoms with Gasteiger partial charge in [-0.1, -0.05) is 26.2 Å². The second-order valence-corrected chi connectivity index (χ2v) is 5.13. The van der Waals surface area contributed by atoms with Crippen molar-refractivity contribution in [1.82, 2.24) is 5.32 Å². The van der Waals surface area contributed by atoms with Crippen molar-refractivity contribution in [3.8, 4) is 0 Å². The first-order valence-electron chi connectivity index (χ1n) is 6.82. The van der Waals surface area contributed by atoms with E-state index in [4.69, 9.17) is 10.8 Å². The van der Waals surface area contributed by atoms with E-state index in [9.17, 15) is 9.59 Å². The van der Waals surface area contributed by atoms with E-state index < -0.39 is 12.0 Å². The van der Waals surface area contributed by atoms with E-state index in [1.807, 2.05) is 0 Å². The molecule has 1 aliphatic carbocycles. The molecule has 1 rings (SSSR count). The summed E-state index contributed by atoms with van der Waals surface area (Å²) < 4.78 is 0. The second kappa shape index (κ2) is 7.36. The normalized spacial score (nSPS) is 24.8. The van der Waals surface area contributed by atoms with Crippen LogP contribution in [-0.2, 0) is 9.59 Å². The molecular formula is C13H24N2O3. The molecule has 4 N–H and O–H groups in total. The number of carboxylic acids is 1. The summed E-state index contributed by atoms with van der Waals surface area (Å²) in [6, 6.07) is -0.463. The zero-order valence-electron chi connectivity index (χ0n) is 11.0. The number of aliphatic carboxylic acids is 1. The zero-order chi connectivity index (χ0) is 13.5. The van der Waals surface area contributed by atoms with Crippen LogP contribution < -0.4 is 11.1 Å². The molecule has 0 aliphatic heterocycles. The Morgan fingerprint density at radius 2 is 2.17 bits per heavy atom. The van der Waals surface area contributed by atoms with Crippen molar-refractivity contribution < 1.29 is 14.7 Å². The molecule has 0 aromatic rings. The fourth-order valence-electron chi connectivity index (χ4n) is 2.52. The minimum absolute atomic E-state index is 0.0600. The number of carboxylic acid groups (broad SMARTS) is 1. The van der Waals surface area contributed by atoms with Crippen LogP contribution in [0.5, 0.6) is 0 Å². The quantitative estimate of drug-likeness (QED) is 0.636. The summed E-state index contributed by atoms with van der Waals surface area (Å²) in [6.07, 6.45) is 5.18. The Morgan fingerprint density at radius 3 is 2.78 bits per heavy atom. The molecule has 0 bridgehead atoms. The van der Waals surface area contributed by atoms with Crippen LogP contribution in [0.15, 0.2) is 0 Å². The summed E-state index contributed by atoms with van der Waals surface area (Å²) in [5.41, 5.74) is 5.75. The SMILES string of the molecule is CCCCC(N)C(=O)NCC1CCCC1C(=O)O. The third-order valence-electron chi connectivity index (χ3n) is 3.72. The van der Waals surface area contributed by atoms with Crippen molar-refractivity contribution in [2.24, 2.45) is 17.6 Å². The van der Waals surface area contributed by atoms with Crippen molar-refractivity contribution in [3.05, 3.63) is 0 Å². The first kappa shape index (κ1) is 15.0. The Kier molecular flexibility index (Phi) is 6.12. The first-order valence-corrected chi connectivity index (χ1v) is 6.82. The molecule has 1 fully saturated rings. The molecule has 3 atom stereocenters. The third kappa shape index (κ3) is 4.29. The number of nitrogens with two attached hydrogens (primary N) is 1. The van der Waals surface area contributed by atoms with Gasteiger partial charge in [-0.15, -0.1) is 0 Å². The average molecular weight is 256 g/mol. The van der Waals surface area contributed by atoms with Crippen molar-refractivity contribution in [2.75, 3.05) is 6.54 Å². The van der Waals surface area contributed by atoms with E-state index in [-0.39, 0.29) is 17.7 Å². The molecule has 0 aromatic carbocycles. The minimum atomic E-state index is -0.748. The van der Waals surface area contributed by atoms with Gasteiger partial charge in [0.1, 0.15) is 0 Å². The Morgan fingerprint density at radius 1 is 1.44 bits per heavy atom. The standard InChI is InChI=1S/C13H24N2O3/c1-2-3-7-11(14)12(16)15-8-9-5-4-6-10(9)13(17)18/h9-11H,2-8,14H2,1H3,(H,15,16)(H,17,18). The first-order chi connectivity index (χ1) is 8.56. The summed E-state index contributed by atoms with van der Waals surface area (Å²) in [5, 5.41) is 11.8. The van der Waals surface area contributed by atoms with Crippen LogP contribution in [0.25, 0.3) is 0 Å². The molecule has 18 heavy (non-hydrogen) atoms. The van der Waals surface area contributed by atoms with Crippen LogP contribution in [0.3, 0.4) is 0 Å². The molecule has 0 spiro atoms. The molecule has 3 unspecified atom stereocenters. The van der Waals surface area contributed by atoms with E-state index >= 15 is 0 Å². The highest BCUT2D eigenvalue weighted by Crippen LogP contribution is 2.31. The van der Waals surface area contributed by atoms with E-state index in [1.54, 1.807) is 0 Å². The third-order valence-corrected chi connectivity index (χ3v) is 3.72. The molecule has 5 nitrogen and oxygen atoms in total. The van der Waals surface area contributed by atoms with Crippen molar-refractivity contribution >= 4 is 11.9 Å². The number of rotatable bonds is 7. The van der Waals surface area contributed by atoms with Gasteiger partial charge in [0.25, 0.3) is 0 Å². The van der Waals surface area contributed by atoms with Gasteiger partial charge in [0.05, 0.1) is 12.0 Å². The van der Waals surface area contributed by atoms with Gasteiger partial charge in [-0.25, -0.2) is 0 Å². The molecule has 0 heterocycles. The van der Waals surface area contributed by atoms with Crippen molar-refractivity contribution in [1.29, 1.82) is 0 Å². The van der Waals surface area contributed by atoms with E-state index in [1.165, 1.54) is 0 Å². The Hall–Kier alpha value is -1.10. The van der Waals surface area contributed by atoms with Gasteiger partial charge < -0.3 is 16.2 Å². The highest BCUT2D eigenvalue weighted by atomic mass is 16.4. The van der Waals surface area contributed by atoms with Crippen LogP contribution in [0.2, 0.25) is 0 Å². The maximum atomic E-state index is 11.7. The van der Waals surface area contributed by atoms with Crippen LogP contribution in [-0.4, -0.2) is 29.6 Å². The molecule has 0 saturated heterocycles. The summed E-state index contributed by atoms with van der Waals surface area (Å²) in [5.74, 6) is -1.15. The van der Waals surface area contributed by atoms with Gasteiger partial charge in [-0.05, 0) is 25.2 Å². The highest BCUT2D eigenvalue weighted by Gasteiger charge is 2.33. The Labute approximate surface area is 108 Å². The number of carbonyl (C=O) groups is 2. The lowest BCUT2D eigenvalue weighted by Crippen LogP contribution is -2.43. The monoisotopic (exact) mass is 256 g/mol. The van der Waals surface area contributed by atoms with Gasteiger partial charge in [0, 0.05) is 6.54 Å². The van der Waals surface area contributed by atoms with Crippen molar-refractivity contribution in [3.63, 3.8) is 0 Å². The molecular weight excluding hydrogens is 232 g/mol. The van der Waals surface area contributed by atoms with E-state index in [0.29, 0.717) is 13.0 Å². The molecule has 0 aromatic heterocycles. The number of hydrogen-bond acceptors (Lipinski definition) is 3. The lowest BCUT2D eigenvalue weighted by molar-refractivity contribution is -0.143. The lowest BCUT2D eigenvalue weighted by atomic mass is 9.96. The van der Waals surface area contributed by atoms with Crippen LogP contribution in [0.1, 0.15) is 45.4 Å². The summed E-state index contributed by atoms with van der Waals surface area (Å²) in [7, 11) is 0. The molecule has 1 saturated carbocycles. The van der Waals surface area contributed by atoms with Gasteiger partial charge in [-0.2, -0.15) is 0 Å². The topological polar surface area (TPSA) is 92.4 Å². The largest absolute Gasteiger partial charge is 0.481 e. The smallest absolute Gasteiger partial charge is 0.306 e. The predicted molar refractivity (Wildman–Crippen MR) is 69.0 cm³/mol. The van der Waals surface area contributed by atoms with E-state index in [2.05, 4.69) is 12.2 Å². The summed E-state index contributed by atoms with van der Waals surface area (Å²) in [6.45, 7) is 2.50. The maximum Gasteiger partial charge on any atom is 0.306 e. The number of nitrogens with one attached hydrogen (secondary N) is 1. The number of hydrogen-bond donors (Lipinski definition) is 3. The highest BCUT2D eigenvalue weighted by molar-refractivity contribution is 5.81.